The number of aliphatic hydroxyl groups is 1. The number of nitrogens with one attached hydrogen (secondary N) is 2. The van der Waals surface area contributed by atoms with Crippen molar-refractivity contribution in [2.45, 2.75) is 77.0 Å². The number of carbonyl (C=O) groups excluding carboxylic acids is 1. The lowest BCUT2D eigenvalue weighted by Crippen LogP contribution is -2.62. The van der Waals surface area contributed by atoms with E-state index in [1.165, 1.54) is 19.2 Å². The van der Waals surface area contributed by atoms with Crippen LogP contribution in [0.15, 0.2) is 18.2 Å². The second-order valence-electron chi connectivity index (χ2n) is 11.0. The minimum Gasteiger partial charge on any atom is -0.493 e. The van der Waals surface area contributed by atoms with Crippen LogP contribution in [-0.4, -0.2) is 81.7 Å². The van der Waals surface area contributed by atoms with Crippen molar-refractivity contribution in [3.05, 3.63) is 29.6 Å². The van der Waals surface area contributed by atoms with Gasteiger partial charge in [0.05, 0.1) is 57.3 Å². The Morgan fingerprint density at radius 2 is 2.08 bits per heavy atom. The van der Waals surface area contributed by atoms with Crippen LogP contribution in [0.1, 0.15) is 45.6 Å². The van der Waals surface area contributed by atoms with Crippen LogP contribution in [0.5, 0.6) is 5.75 Å². The van der Waals surface area contributed by atoms with Gasteiger partial charge in [0.25, 0.3) is 0 Å². The van der Waals surface area contributed by atoms with E-state index in [9.17, 15) is 18.7 Å². The van der Waals surface area contributed by atoms with E-state index in [0.29, 0.717) is 23.8 Å². The number of aliphatic hydroxyl groups excluding tert-OH is 1. The summed E-state index contributed by atoms with van der Waals surface area (Å²) in [6.45, 7) is 5.98. The highest BCUT2D eigenvalue weighted by molar-refractivity contribution is 5.76. The molecule has 37 heavy (non-hydrogen) atoms. The molecule has 1 saturated heterocycles. The third kappa shape index (κ3) is 9.76. The Balaban J connectivity index is 1.66. The van der Waals surface area contributed by atoms with Crippen molar-refractivity contribution in [1.82, 2.24) is 10.6 Å². The van der Waals surface area contributed by atoms with E-state index in [2.05, 4.69) is 10.6 Å². The molecule has 1 amide bonds. The summed E-state index contributed by atoms with van der Waals surface area (Å²) in [7, 11) is 1.51. The highest BCUT2D eigenvalue weighted by Crippen LogP contribution is 2.30. The van der Waals surface area contributed by atoms with Crippen LogP contribution in [0, 0.1) is 17.2 Å². The van der Waals surface area contributed by atoms with Gasteiger partial charge in [0.15, 0.2) is 6.29 Å². The van der Waals surface area contributed by atoms with E-state index >= 15 is 0 Å². The third-order valence-corrected chi connectivity index (χ3v) is 6.60. The number of halogens is 2. The minimum atomic E-state index is -1.05. The fraction of sp³-hybridized carbons (Fsp3) is 0.741. The fourth-order valence-corrected chi connectivity index (χ4v) is 4.13. The second-order valence-corrected chi connectivity index (χ2v) is 11.0. The van der Waals surface area contributed by atoms with Gasteiger partial charge in [0.2, 0.25) is 5.91 Å². The number of alkyl halides is 1. The predicted molar refractivity (Wildman–Crippen MR) is 135 cm³/mol. The number of hydrogen-bond acceptors (Lipinski definition) is 7. The van der Waals surface area contributed by atoms with Crippen LogP contribution >= 0.6 is 0 Å². The molecule has 1 aromatic rings. The number of benzene rings is 1. The van der Waals surface area contributed by atoms with E-state index in [4.69, 9.17) is 18.9 Å². The average Bonchev–Trinajstić information content (AvgIpc) is 3.69. The molecule has 8 nitrogen and oxygen atoms in total. The molecule has 1 aromatic carbocycles. The van der Waals surface area contributed by atoms with Crippen molar-refractivity contribution in [1.29, 1.82) is 0 Å². The lowest BCUT2D eigenvalue weighted by molar-refractivity contribution is -0.203. The first-order valence-electron chi connectivity index (χ1n) is 13.0. The molecule has 0 aromatic heterocycles. The van der Waals surface area contributed by atoms with Gasteiger partial charge >= 0.3 is 0 Å². The summed E-state index contributed by atoms with van der Waals surface area (Å²) in [5, 5.41) is 17.5. The highest BCUT2D eigenvalue weighted by atomic mass is 19.1. The number of carbonyl (C=O) groups is 1. The quantitative estimate of drug-likeness (QED) is 0.322. The van der Waals surface area contributed by atoms with E-state index < -0.39 is 42.4 Å². The first-order chi connectivity index (χ1) is 17.6. The lowest BCUT2D eigenvalue weighted by Gasteiger charge is -2.40. The molecule has 10 heteroatoms. The summed E-state index contributed by atoms with van der Waals surface area (Å²) in [4.78, 5) is 12.5. The minimum absolute atomic E-state index is 0.121. The Morgan fingerprint density at radius 1 is 1.32 bits per heavy atom. The molecule has 1 aliphatic carbocycles. The number of amides is 1. The maximum absolute atomic E-state index is 14.4. The van der Waals surface area contributed by atoms with E-state index in [1.807, 2.05) is 6.92 Å². The number of ether oxygens (including phenoxy) is 4. The zero-order chi connectivity index (χ0) is 27.0. The largest absolute Gasteiger partial charge is 0.493 e. The fourth-order valence-electron chi connectivity index (χ4n) is 4.13. The first kappa shape index (κ1) is 29.7. The summed E-state index contributed by atoms with van der Waals surface area (Å²) in [6, 6.07) is 2.95. The monoisotopic (exact) mass is 528 g/mol. The summed E-state index contributed by atoms with van der Waals surface area (Å²) >= 11 is 0. The molecule has 5 atom stereocenters. The molecule has 2 fully saturated rings. The van der Waals surface area contributed by atoms with Gasteiger partial charge in [0.1, 0.15) is 11.6 Å². The maximum Gasteiger partial charge on any atom is 0.222 e. The van der Waals surface area contributed by atoms with Crippen molar-refractivity contribution in [2.24, 2.45) is 11.3 Å². The van der Waals surface area contributed by atoms with Crippen molar-refractivity contribution >= 4 is 5.91 Å². The van der Waals surface area contributed by atoms with Crippen molar-refractivity contribution in [3.63, 3.8) is 0 Å². The number of morpholine rings is 1. The van der Waals surface area contributed by atoms with Crippen LogP contribution in [0.3, 0.4) is 0 Å². The molecular formula is C27H42F2N2O6. The van der Waals surface area contributed by atoms with Gasteiger partial charge < -0.3 is 34.7 Å². The molecule has 3 rings (SSSR count). The zero-order valence-electron chi connectivity index (χ0n) is 22.3. The number of rotatable bonds is 15. The topological polar surface area (TPSA) is 98.3 Å². The molecule has 2 aliphatic rings. The standard InChI is InChI=1S/C27H42F2N2O6/c1-17-26(37-16-27(2,3)15-28)36-14-23(30-17)25(33)22(31-24(32)7-8-34-4)11-19-9-20(29)12-21(10-19)35-13-18-5-6-18/h9-10,12,17-18,22-23,25-26,30,33H,5-8,11,13-16H2,1-4H3,(H,31,32)/t17-,22-,23+,25-,26-/m0/s1. The van der Waals surface area contributed by atoms with E-state index in [-0.39, 0.29) is 44.6 Å². The van der Waals surface area contributed by atoms with Gasteiger partial charge in [-0.2, -0.15) is 0 Å². The molecule has 1 saturated carbocycles. The van der Waals surface area contributed by atoms with Gasteiger partial charge in [-0.25, -0.2) is 4.39 Å². The maximum atomic E-state index is 14.4. The first-order valence-corrected chi connectivity index (χ1v) is 13.0. The third-order valence-electron chi connectivity index (χ3n) is 6.60. The van der Waals surface area contributed by atoms with Crippen molar-refractivity contribution < 1.29 is 37.6 Å². The van der Waals surface area contributed by atoms with E-state index in [1.54, 1.807) is 19.9 Å². The van der Waals surface area contributed by atoms with Crippen molar-refractivity contribution in [2.75, 3.05) is 40.2 Å². The molecule has 0 unspecified atom stereocenters. The van der Waals surface area contributed by atoms with E-state index in [0.717, 1.165) is 12.8 Å². The highest BCUT2D eigenvalue weighted by Gasteiger charge is 2.37. The molecule has 0 radical (unpaired) electrons. The summed E-state index contributed by atoms with van der Waals surface area (Å²) < 4.78 is 49.9. The smallest absolute Gasteiger partial charge is 0.222 e. The Bertz CT molecular complexity index is 869. The molecule has 0 bridgehead atoms. The van der Waals surface area contributed by atoms with Gasteiger partial charge in [-0.15, -0.1) is 0 Å². The second kappa shape index (κ2) is 13.8. The normalized spacial score (nSPS) is 23.9. The van der Waals surface area contributed by atoms with Gasteiger partial charge in [-0.05, 0) is 49.8 Å². The summed E-state index contributed by atoms with van der Waals surface area (Å²) in [6.07, 6.45) is 0.921. The predicted octanol–water partition coefficient (Wildman–Crippen LogP) is 2.75. The SMILES string of the molecule is COCCC(=O)N[C@@H](Cc1cc(F)cc(OCC2CC2)c1)[C@H](O)[C@H]1CO[C@@H](OCC(C)(C)CF)[C@H](C)N1. The Kier molecular flexibility index (Phi) is 11.1. The van der Waals surface area contributed by atoms with Gasteiger partial charge in [-0.1, -0.05) is 13.8 Å². The van der Waals surface area contributed by atoms with Gasteiger partial charge in [0, 0.05) is 25.0 Å². The van der Waals surface area contributed by atoms with Gasteiger partial charge in [-0.3, -0.25) is 9.18 Å². The summed E-state index contributed by atoms with van der Waals surface area (Å²) in [5.74, 6) is 0.236. The Labute approximate surface area is 218 Å². The summed E-state index contributed by atoms with van der Waals surface area (Å²) in [5.41, 5.74) is -0.0234. The molecule has 0 spiro atoms. The average molecular weight is 529 g/mol. The van der Waals surface area contributed by atoms with Crippen LogP contribution in [0.4, 0.5) is 8.78 Å². The zero-order valence-corrected chi connectivity index (χ0v) is 22.3. The molecule has 210 valence electrons. The van der Waals surface area contributed by atoms with Crippen molar-refractivity contribution in [3.8, 4) is 5.75 Å². The van der Waals surface area contributed by atoms with Crippen LogP contribution in [0.25, 0.3) is 0 Å². The molecule has 1 aliphatic heterocycles. The lowest BCUT2D eigenvalue weighted by atomic mass is 9.94. The molecule has 3 N–H and O–H groups in total. The Morgan fingerprint density at radius 3 is 2.73 bits per heavy atom. The van der Waals surface area contributed by atoms with Crippen LogP contribution < -0.4 is 15.4 Å². The molecular weight excluding hydrogens is 486 g/mol. The molecule has 1 heterocycles. The number of methoxy groups -OCH3 is 1. The van der Waals surface area contributed by atoms with Crippen LogP contribution in [-0.2, 0) is 25.4 Å². The Hall–Kier alpha value is -1.85. The van der Waals surface area contributed by atoms with Crippen LogP contribution in [0.2, 0.25) is 0 Å². The number of hydrogen-bond donors (Lipinski definition) is 3.